The molecule has 0 saturated carbocycles. The summed E-state index contributed by atoms with van der Waals surface area (Å²) in [5.41, 5.74) is 4.73. The summed E-state index contributed by atoms with van der Waals surface area (Å²) in [5, 5.41) is 3.67. The largest absolute Gasteiger partial charge is 0.336 e. The Morgan fingerprint density at radius 1 is 1.20 bits per heavy atom. The van der Waals surface area contributed by atoms with Crippen molar-refractivity contribution in [2.45, 2.75) is 13.8 Å². The van der Waals surface area contributed by atoms with Gasteiger partial charge in [0.1, 0.15) is 0 Å². The number of benzene rings is 1. The Bertz CT molecular complexity index is 589. The molecule has 20 heavy (non-hydrogen) atoms. The van der Waals surface area contributed by atoms with Gasteiger partial charge in [0.05, 0.1) is 4.88 Å². The van der Waals surface area contributed by atoms with Crippen molar-refractivity contribution in [3.8, 4) is 0 Å². The molecule has 106 valence electrons. The first-order valence-corrected chi connectivity index (χ1v) is 7.20. The standard InChI is InChI=1S/C14H17N3O2S/c1-9(2)8-15-14(19)17-16-13(18)12-7-10-5-3-4-6-11(10)20-12/h3-7,9H,8H2,1-2H3,(H,16,18)(H2,15,17,19). The van der Waals surface area contributed by atoms with Crippen LogP contribution in [0.25, 0.3) is 10.1 Å². The molecule has 3 N–H and O–H groups in total. The molecule has 0 saturated heterocycles. The second kappa shape index (κ2) is 6.38. The van der Waals surface area contributed by atoms with Gasteiger partial charge in [0.15, 0.2) is 0 Å². The van der Waals surface area contributed by atoms with Crippen LogP contribution < -0.4 is 16.2 Å². The number of hydrogen-bond acceptors (Lipinski definition) is 3. The van der Waals surface area contributed by atoms with Crippen molar-refractivity contribution >= 4 is 33.4 Å². The van der Waals surface area contributed by atoms with E-state index in [2.05, 4.69) is 16.2 Å². The van der Waals surface area contributed by atoms with E-state index in [0.29, 0.717) is 17.3 Å². The van der Waals surface area contributed by atoms with E-state index in [1.807, 2.05) is 44.2 Å². The lowest BCUT2D eigenvalue weighted by Gasteiger charge is -2.09. The Morgan fingerprint density at radius 3 is 2.65 bits per heavy atom. The number of carbonyl (C=O) groups excluding carboxylic acids is 2. The number of hydrazine groups is 1. The van der Waals surface area contributed by atoms with Gasteiger partial charge in [-0.15, -0.1) is 11.3 Å². The molecule has 0 radical (unpaired) electrons. The zero-order valence-corrected chi connectivity index (χ0v) is 12.2. The third-order valence-corrected chi connectivity index (χ3v) is 3.72. The number of urea groups is 1. The van der Waals surface area contributed by atoms with E-state index in [1.54, 1.807) is 0 Å². The lowest BCUT2D eigenvalue weighted by Crippen LogP contribution is -2.47. The molecule has 0 spiro atoms. The van der Waals surface area contributed by atoms with E-state index in [1.165, 1.54) is 11.3 Å². The molecule has 0 aliphatic rings. The van der Waals surface area contributed by atoms with Gasteiger partial charge >= 0.3 is 6.03 Å². The van der Waals surface area contributed by atoms with Crippen LogP contribution in [0.1, 0.15) is 23.5 Å². The van der Waals surface area contributed by atoms with Gasteiger partial charge in [-0.05, 0) is 23.4 Å². The molecule has 2 aromatic rings. The molecule has 1 aromatic heterocycles. The Hall–Kier alpha value is -2.08. The summed E-state index contributed by atoms with van der Waals surface area (Å²) in [6, 6.07) is 9.16. The maximum Gasteiger partial charge on any atom is 0.333 e. The molecule has 0 aliphatic heterocycles. The molecule has 6 heteroatoms. The highest BCUT2D eigenvalue weighted by Gasteiger charge is 2.10. The van der Waals surface area contributed by atoms with Gasteiger partial charge in [-0.2, -0.15) is 0 Å². The first-order valence-electron chi connectivity index (χ1n) is 6.39. The van der Waals surface area contributed by atoms with Gasteiger partial charge in [-0.25, -0.2) is 10.2 Å². The van der Waals surface area contributed by atoms with Crippen LogP contribution in [-0.2, 0) is 0 Å². The molecule has 0 unspecified atom stereocenters. The van der Waals surface area contributed by atoms with Crippen LogP contribution in [0, 0.1) is 5.92 Å². The molecule has 0 aliphatic carbocycles. The SMILES string of the molecule is CC(C)CNC(=O)NNC(=O)c1cc2ccccc2s1. The molecular weight excluding hydrogens is 274 g/mol. The van der Waals surface area contributed by atoms with Gasteiger partial charge in [-0.3, -0.25) is 10.2 Å². The summed E-state index contributed by atoms with van der Waals surface area (Å²) in [5.74, 6) is 0.0462. The summed E-state index contributed by atoms with van der Waals surface area (Å²) in [4.78, 5) is 23.9. The van der Waals surface area contributed by atoms with Crippen molar-refractivity contribution in [3.05, 3.63) is 35.2 Å². The van der Waals surface area contributed by atoms with E-state index in [0.717, 1.165) is 10.1 Å². The van der Waals surface area contributed by atoms with E-state index < -0.39 is 6.03 Å². The van der Waals surface area contributed by atoms with Crippen molar-refractivity contribution in [1.29, 1.82) is 0 Å². The number of nitrogens with one attached hydrogen (secondary N) is 3. The summed E-state index contributed by atoms with van der Waals surface area (Å²) < 4.78 is 1.04. The molecule has 1 heterocycles. The molecule has 0 fully saturated rings. The lowest BCUT2D eigenvalue weighted by atomic mass is 10.2. The van der Waals surface area contributed by atoms with E-state index in [4.69, 9.17) is 0 Å². The van der Waals surface area contributed by atoms with Crippen molar-refractivity contribution in [1.82, 2.24) is 16.2 Å². The maximum atomic E-state index is 11.9. The maximum absolute atomic E-state index is 11.9. The van der Waals surface area contributed by atoms with Crippen molar-refractivity contribution in [3.63, 3.8) is 0 Å². The zero-order chi connectivity index (χ0) is 14.5. The minimum absolute atomic E-state index is 0.314. The minimum atomic E-state index is -0.409. The van der Waals surface area contributed by atoms with Crippen LogP contribution in [0.4, 0.5) is 4.79 Å². The average molecular weight is 291 g/mol. The van der Waals surface area contributed by atoms with Crippen LogP contribution in [0.3, 0.4) is 0 Å². The molecule has 0 atom stereocenters. The quantitative estimate of drug-likeness (QED) is 0.760. The van der Waals surface area contributed by atoms with E-state index in [-0.39, 0.29) is 5.91 Å². The first kappa shape index (κ1) is 14.3. The third kappa shape index (κ3) is 3.71. The highest BCUT2D eigenvalue weighted by molar-refractivity contribution is 7.20. The van der Waals surface area contributed by atoms with Crippen LogP contribution in [0.5, 0.6) is 0 Å². The molecule has 3 amide bonds. The molecule has 2 rings (SSSR count). The monoisotopic (exact) mass is 291 g/mol. The van der Waals surface area contributed by atoms with Gasteiger partial charge in [0, 0.05) is 11.2 Å². The average Bonchev–Trinajstić information content (AvgIpc) is 2.86. The molecular formula is C14H17N3O2S. The van der Waals surface area contributed by atoms with E-state index >= 15 is 0 Å². The fourth-order valence-corrected chi connectivity index (χ4v) is 2.57. The number of fused-ring (bicyclic) bond motifs is 1. The smallest absolute Gasteiger partial charge is 0.333 e. The zero-order valence-electron chi connectivity index (χ0n) is 11.4. The summed E-state index contributed by atoms with van der Waals surface area (Å²) in [7, 11) is 0. The molecule has 0 bridgehead atoms. The van der Waals surface area contributed by atoms with Crippen molar-refractivity contribution < 1.29 is 9.59 Å². The predicted molar refractivity (Wildman–Crippen MR) is 80.7 cm³/mol. The second-order valence-electron chi connectivity index (χ2n) is 4.83. The molecule has 5 nitrogen and oxygen atoms in total. The Labute approximate surface area is 121 Å². The van der Waals surface area contributed by atoms with Gasteiger partial charge in [0.25, 0.3) is 5.91 Å². The normalized spacial score (nSPS) is 10.6. The number of amides is 3. The predicted octanol–water partition coefficient (Wildman–Crippen LogP) is 2.50. The second-order valence-corrected chi connectivity index (χ2v) is 5.92. The lowest BCUT2D eigenvalue weighted by molar-refractivity contribution is 0.0940. The van der Waals surface area contributed by atoms with Crippen LogP contribution in [0.2, 0.25) is 0 Å². The summed E-state index contributed by atoms with van der Waals surface area (Å²) >= 11 is 1.39. The van der Waals surface area contributed by atoms with Crippen LogP contribution in [-0.4, -0.2) is 18.5 Å². The van der Waals surface area contributed by atoms with Crippen molar-refractivity contribution in [2.75, 3.05) is 6.54 Å². The van der Waals surface area contributed by atoms with E-state index in [9.17, 15) is 9.59 Å². The van der Waals surface area contributed by atoms with Gasteiger partial charge in [0.2, 0.25) is 0 Å². The third-order valence-electron chi connectivity index (χ3n) is 2.61. The van der Waals surface area contributed by atoms with Crippen LogP contribution in [0.15, 0.2) is 30.3 Å². The number of hydrogen-bond donors (Lipinski definition) is 3. The summed E-state index contributed by atoms with van der Waals surface area (Å²) in [6.07, 6.45) is 0. The van der Waals surface area contributed by atoms with Crippen LogP contribution >= 0.6 is 11.3 Å². The number of rotatable bonds is 3. The Morgan fingerprint density at radius 2 is 1.95 bits per heavy atom. The topological polar surface area (TPSA) is 70.2 Å². The number of thiophene rings is 1. The minimum Gasteiger partial charge on any atom is -0.336 e. The Kier molecular flexibility index (Phi) is 4.57. The summed E-state index contributed by atoms with van der Waals surface area (Å²) in [6.45, 7) is 4.55. The van der Waals surface area contributed by atoms with Gasteiger partial charge < -0.3 is 5.32 Å². The fourth-order valence-electron chi connectivity index (χ4n) is 1.61. The first-order chi connectivity index (χ1) is 9.56. The highest BCUT2D eigenvalue weighted by Crippen LogP contribution is 2.24. The fraction of sp³-hybridized carbons (Fsp3) is 0.286. The molecule has 1 aromatic carbocycles. The highest BCUT2D eigenvalue weighted by atomic mass is 32.1. The number of carbonyl (C=O) groups is 2. The Balaban J connectivity index is 1.90. The van der Waals surface area contributed by atoms with Crippen molar-refractivity contribution in [2.24, 2.45) is 5.92 Å². The van der Waals surface area contributed by atoms with Gasteiger partial charge in [-0.1, -0.05) is 32.0 Å².